The van der Waals surface area contributed by atoms with E-state index in [1.165, 1.54) is 0 Å². The minimum atomic E-state index is -0.588. The van der Waals surface area contributed by atoms with Crippen LogP contribution in [0.2, 0.25) is 5.02 Å². The van der Waals surface area contributed by atoms with Crippen molar-refractivity contribution in [2.75, 3.05) is 0 Å². The quantitative estimate of drug-likeness (QED) is 0.844. The molecule has 1 aromatic rings. The maximum absolute atomic E-state index is 9.96. The van der Waals surface area contributed by atoms with Gasteiger partial charge in [0.2, 0.25) is 0 Å². The number of hydrogen-bond acceptors (Lipinski definition) is 3. The third-order valence-electron chi connectivity index (χ3n) is 2.53. The van der Waals surface area contributed by atoms with E-state index in [1.54, 1.807) is 12.1 Å². The van der Waals surface area contributed by atoms with Gasteiger partial charge in [0.05, 0.1) is 23.3 Å². The fraction of sp³-hybridized carbons (Fsp3) is 0.600. The summed E-state index contributed by atoms with van der Waals surface area (Å²) >= 11 is 6.20. The van der Waals surface area contributed by atoms with Crippen molar-refractivity contribution in [3.63, 3.8) is 0 Å². The SMILES string of the molecule is CCC(O)c1cc(OC(C)C)c(OC(C)C)cc1Cl. The summed E-state index contributed by atoms with van der Waals surface area (Å²) in [5.74, 6) is 1.23. The van der Waals surface area contributed by atoms with Gasteiger partial charge in [0.1, 0.15) is 0 Å². The monoisotopic (exact) mass is 286 g/mol. The molecular weight excluding hydrogens is 264 g/mol. The summed E-state index contributed by atoms with van der Waals surface area (Å²) in [6.45, 7) is 9.69. The predicted molar refractivity (Wildman–Crippen MR) is 78.2 cm³/mol. The Hall–Kier alpha value is -0.930. The molecule has 0 saturated carbocycles. The molecule has 1 atom stereocenters. The third kappa shape index (κ3) is 4.59. The highest BCUT2D eigenvalue weighted by Gasteiger charge is 2.17. The first-order valence-electron chi connectivity index (χ1n) is 6.69. The molecule has 0 aromatic heterocycles. The van der Waals surface area contributed by atoms with Crippen LogP contribution in [0.15, 0.2) is 12.1 Å². The first kappa shape index (κ1) is 16.1. The van der Waals surface area contributed by atoms with Gasteiger partial charge in [-0.3, -0.25) is 0 Å². The van der Waals surface area contributed by atoms with Crippen molar-refractivity contribution in [2.24, 2.45) is 0 Å². The van der Waals surface area contributed by atoms with Crippen LogP contribution in [0.4, 0.5) is 0 Å². The Morgan fingerprint density at radius 1 is 1.05 bits per heavy atom. The second-order valence-corrected chi connectivity index (χ2v) is 5.48. The zero-order valence-corrected chi connectivity index (χ0v) is 13.0. The maximum Gasteiger partial charge on any atom is 0.163 e. The van der Waals surface area contributed by atoms with Crippen LogP contribution in [0.1, 0.15) is 52.7 Å². The Kier molecular flexibility index (Phi) is 5.95. The van der Waals surface area contributed by atoms with Gasteiger partial charge in [-0.2, -0.15) is 0 Å². The molecule has 3 nitrogen and oxygen atoms in total. The van der Waals surface area contributed by atoms with Crippen molar-refractivity contribution in [3.8, 4) is 11.5 Å². The van der Waals surface area contributed by atoms with E-state index in [4.69, 9.17) is 21.1 Å². The Morgan fingerprint density at radius 2 is 1.53 bits per heavy atom. The molecule has 0 saturated heterocycles. The van der Waals surface area contributed by atoms with Gasteiger partial charge in [-0.1, -0.05) is 18.5 Å². The van der Waals surface area contributed by atoms with Gasteiger partial charge in [0.15, 0.2) is 11.5 Å². The topological polar surface area (TPSA) is 38.7 Å². The van der Waals surface area contributed by atoms with Gasteiger partial charge >= 0.3 is 0 Å². The van der Waals surface area contributed by atoms with Crippen LogP contribution < -0.4 is 9.47 Å². The molecule has 0 amide bonds. The number of aliphatic hydroxyl groups is 1. The van der Waals surface area contributed by atoms with E-state index in [0.29, 0.717) is 28.5 Å². The lowest BCUT2D eigenvalue weighted by Crippen LogP contribution is -2.11. The molecule has 0 radical (unpaired) electrons. The molecule has 108 valence electrons. The number of aliphatic hydroxyl groups excluding tert-OH is 1. The van der Waals surface area contributed by atoms with Gasteiger partial charge < -0.3 is 14.6 Å². The zero-order valence-electron chi connectivity index (χ0n) is 12.2. The van der Waals surface area contributed by atoms with Gasteiger partial charge in [-0.15, -0.1) is 0 Å². The molecule has 1 N–H and O–H groups in total. The van der Waals surface area contributed by atoms with Gasteiger partial charge in [0, 0.05) is 11.6 Å². The molecule has 0 aliphatic rings. The fourth-order valence-electron chi connectivity index (χ4n) is 1.72. The molecule has 1 aromatic carbocycles. The highest BCUT2D eigenvalue weighted by atomic mass is 35.5. The molecule has 0 fully saturated rings. The molecule has 1 unspecified atom stereocenters. The fourth-order valence-corrected chi connectivity index (χ4v) is 2.00. The van der Waals surface area contributed by atoms with Crippen LogP contribution in [-0.2, 0) is 0 Å². The van der Waals surface area contributed by atoms with Crippen LogP contribution in [0.5, 0.6) is 11.5 Å². The number of benzene rings is 1. The van der Waals surface area contributed by atoms with Crippen molar-refractivity contribution >= 4 is 11.6 Å². The maximum atomic E-state index is 9.96. The second kappa shape index (κ2) is 7.01. The van der Waals surface area contributed by atoms with E-state index in [-0.39, 0.29) is 12.2 Å². The number of ether oxygens (including phenoxy) is 2. The molecule has 0 bridgehead atoms. The molecule has 0 heterocycles. The Labute approximate surface area is 120 Å². The van der Waals surface area contributed by atoms with Gasteiger partial charge in [-0.25, -0.2) is 0 Å². The molecule has 0 spiro atoms. The number of hydrogen-bond donors (Lipinski definition) is 1. The molecule has 0 aliphatic heterocycles. The first-order chi connectivity index (χ1) is 8.85. The molecule has 4 heteroatoms. The van der Waals surface area contributed by atoms with Crippen molar-refractivity contribution < 1.29 is 14.6 Å². The van der Waals surface area contributed by atoms with Crippen molar-refractivity contribution in [3.05, 3.63) is 22.7 Å². The first-order valence-corrected chi connectivity index (χ1v) is 7.07. The minimum absolute atomic E-state index is 0.0299. The summed E-state index contributed by atoms with van der Waals surface area (Å²) in [5, 5.41) is 10.5. The van der Waals surface area contributed by atoms with Crippen LogP contribution in [0.25, 0.3) is 0 Å². The summed E-state index contributed by atoms with van der Waals surface area (Å²) < 4.78 is 11.4. The zero-order chi connectivity index (χ0) is 14.6. The molecule has 19 heavy (non-hydrogen) atoms. The summed E-state index contributed by atoms with van der Waals surface area (Å²) in [5.41, 5.74) is 0.677. The third-order valence-corrected chi connectivity index (χ3v) is 2.86. The van der Waals surface area contributed by atoms with Crippen molar-refractivity contribution in [2.45, 2.75) is 59.4 Å². The Bertz CT molecular complexity index is 416. The van der Waals surface area contributed by atoms with Crippen LogP contribution in [0.3, 0.4) is 0 Å². The van der Waals surface area contributed by atoms with E-state index < -0.39 is 6.10 Å². The number of rotatable bonds is 6. The molecule has 1 rings (SSSR count). The van der Waals surface area contributed by atoms with Crippen molar-refractivity contribution in [1.82, 2.24) is 0 Å². The summed E-state index contributed by atoms with van der Waals surface area (Å²) in [6.07, 6.45) is 0.0792. The Morgan fingerprint density at radius 3 is 1.95 bits per heavy atom. The average molecular weight is 287 g/mol. The smallest absolute Gasteiger partial charge is 0.163 e. The lowest BCUT2D eigenvalue weighted by atomic mass is 10.1. The van der Waals surface area contributed by atoms with Crippen LogP contribution in [0, 0.1) is 0 Å². The van der Waals surface area contributed by atoms with Crippen LogP contribution >= 0.6 is 11.6 Å². The number of halogens is 1. The second-order valence-electron chi connectivity index (χ2n) is 5.08. The molecule has 0 aliphatic carbocycles. The normalized spacial score (nSPS) is 12.9. The van der Waals surface area contributed by atoms with E-state index in [2.05, 4.69) is 0 Å². The Balaban J connectivity index is 3.19. The van der Waals surface area contributed by atoms with Gasteiger partial charge in [0.25, 0.3) is 0 Å². The van der Waals surface area contributed by atoms with Gasteiger partial charge in [-0.05, 0) is 40.2 Å². The average Bonchev–Trinajstić information content (AvgIpc) is 2.30. The standard InChI is InChI=1S/C15H23ClO3/c1-6-13(17)11-7-14(18-9(2)3)15(8-12(11)16)19-10(4)5/h7-10,13,17H,6H2,1-5H3. The van der Waals surface area contributed by atoms with E-state index in [9.17, 15) is 5.11 Å². The highest BCUT2D eigenvalue weighted by Crippen LogP contribution is 2.37. The van der Waals surface area contributed by atoms with E-state index >= 15 is 0 Å². The van der Waals surface area contributed by atoms with E-state index in [0.717, 1.165) is 0 Å². The predicted octanol–water partition coefficient (Wildman–Crippen LogP) is 4.36. The molecular formula is C15H23ClO3. The van der Waals surface area contributed by atoms with E-state index in [1.807, 2.05) is 34.6 Å². The summed E-state index contributed by atoms with van der Waals surface area (Å²) in [6, 6.07) is 3.49. The van der Waals surface area contributed by atoms with Crippen LogP contribution in [-0.4, -0.2) is 17.3 Å². The summed E-state index contributed by atoms with van der Waals surface area (Å²) in [7, 11) is 0. The lowest BCUT2D eigenvalue weighted by molar-refractivity contribution is 0.170. The minimum Gasteiger partial charge on any atom is -0.487 e. The summed E-state index contributed by atoms with van der Waals surface area (Å²) in [4.78, 5) is 0. The highest BCUT2D eigenvalue weighted by molar-refractivity contribution is 6.31. The van der Waals surface area contributed by atoms with Crippen molar-refractivity contribution in [1.29, 1.82) is 0 Å². The largest absolute Gasteiger partial charge is 0.487 e. The lowest BCUT2D eigenvalue weighted by Gasteiger charge is -2.20.